The maximum atomic E-state index is 13.7. The molecule has 2 aromatic rings. The molecule has 5 rings (SSSR count). The van der Waals surface area contributed by atoms with E-state index in [2.05, 4.69) is 62.2 Å². The van der Waals surface area contributed by atoms with Crippen LogP contribution in [0.1, 0.15) is 76.7 Å². The predicted molar refractivity (Wildman–Crippen MR) is 145 cm³/mol. The quantitative estimate of drug-likeness (QED) is 0.586. The second-order valence-corrected chi connectivity index (χ2v) is 14.1. The van der Waals surface area contributed by atoms with E-state index < -0.39 is 15.9 Å². The van der Waals surface area contributed by atoms with Gasteiger partial charge in [-0.3, -0.25) is 4.79 Å². The molecule has 8 nitrogen and oxygen atoms in total. The summed E-state index contributed by atoms with van der Waals surface area (Å²) in [6.07, 6.45) is 7.36. The van der Waals surface area contributed by atoms with Crippen LogP contribution in [0.3, 0.4) is 0 Å². The van der Waals surface area contributed by atoms with Gasteiger partial charge < -0.3 is 10.6 Å². The van der Waals surface area contributed by atoms with E-state index in [9.17, 15) is 13.2 Å². The molecule has 3 atom stereocenters. The van der Waals surface area contributed by atoms with Crippen LogP contribution < -0.4 is 15.4 Å². The minimum absolute atomic E-state index is 0.0341. The second-order valence-electron chi connectivity index (χ2n) is 12.4. The average Bonchev–Trinajstić information content (AvgIpc) is 3.29. The van der Waals surface area contributed by atoms with Crippen molar-refractivity contribution in [1.82, 2.24) is 14.7 Å². The number of pyridine rings is 2. The van der Waals surface area contributed by atoms with Crippen LogP contribution in [0.15, 0.2) is 41.6 Å². The Kier molecular flexibility index (Phi) is 5.75. The van der Waals surface area contributed by atoms with Gasteiger partial charge in [-0.15, -0.1) is 0 Å². The van der Waals surface area contributed by atoms with Gasteiger partial charge in [-0.05, 0) is 85.1 Å². The van der Waals surface area contributed by atoms with Crippen LogP contribution in [-0.4, -0.2) is 36.4 Å². The number of nitrogens with one attached hydrogen (secondary N) is 1. The largest absolute Gasteiger partial charge is 0.384 e. The molecule has 3 N–H and O–H groups in total. The van der Waals surface area contributed by atoms with Crippen molar-refractivity contribution < 1.29 is 13.2 Å². The Morgan fingerprint density at radius 2 is 1.92 bits per heavy atom. The van der Waals surface area contributed by atoms with E-state index >= 15 is 0 Å². The fourth-order valence-electron chi connectivity index (χ4n) is 6.87. The molecule has 0 spiro atoms. The van der Waals surface area contributed by atoms with Gasteiger partial charge in [0.1, 0.15) is 11.6 Å². The number of hydrogen-bond donors (Lipinski definition) is 2. The molecule has 0 aromatic carbocycles. The van der Waals surface area contributed by atoms with Crippen molar-refractivity contribution in [2.24, 2.45) is 22.7 Å². The zero-order valence-electron chi connectivity index (χ0n) is 22.5. The minimum Gasteiger partial charge on any atom is -0.384 e. The number of amides is 1. The molecule has 3 heterocycles. The summed E-state index contributed by atoms with van der Waals surface area (Å²) >= 11 is 0. The number of nitrogens with two attached hydrogens (primary N) is 1. The van der Waals surface area contributed by atoms with Crippen LogP contribution in [0, 0.1) is 22.7 Å². The monoisotopic (exact) mass is 523 g/mol. The Morgan fingerprint density at radius 3 is 2.49 bits per heavy atom. The number of carbonyl (C=O) groups excluding carboxylic acids is 1. The van der Waals surface area contributed by atoms with Crippen molar-refractivity contribution in [2.75, 3.05) is 17.2 Å². The highest BCUT2D eigenvalue weighted by molar-refractivity contribution is 7.90. The molecular weight excluding hydrogens is 486 g/mol. The minimum atomic E-state index is -4.23. The number of allylic oxidation sites excluding steroid dienone is 2. The first-order valence-electron chi connectivity index (χ1n) is 13.0. The summed E-state index contributed by atoms with van der Waals surface area (Å²) in [5, 5.41) is -0.299. The number of sulfonamides is 1. The van der Waals surface area contributed by atoms with Gasteiger partial charge in [0, 0.05) is 18.3 Å². The van der Waals surface area contributed by atoms with Gasteiger partial charge in [0.25, 0.3) is 15.9 Å². The van der Waals surface area contributed by atoms with Crippen LogP contribution in [0.4, 0.5) is 11.6 Å². The maximum Gasteiger partial charge on any atom is 0.281 e. The third-order valence-corrected chi connectivity index (χ3v) is 10.5. The zero-order valence-corrected chi connectivity index (χ0v) is 23.3. The smallest absolute Gasteiger partial charge is 0.281 e. The van der Waals surface area contributed by atoms with Gasteiger partial charge in [-0.2, -0.15) is 8.42 Å². The third-order valence-electron chi connectivity index (χ3n) is 9.27. The maximum absolute atomic E-state index is 13.7. The van der Waals surface area contributed by atoms with Crippen LogP contribution in [0.2, 0.25) is 0 Å². The van der Waals surface area contributed by atoms with Gasteiger partial charge in [0.05, 0.1) is 5.56 Å². The van der Waals surface area contributed by atoms with E-state index in [4.69, 9.17) is 10.7 Å². The van der Waals surface area contributed by atoms with Gasteiger partial charge in [0.15, 0.2) is 5.03 Å². The van der Waals surface area contributed by atoms with Crippen molar-refractivity contribution in [3.8, 4) is 0 Å². The van der Waals surface area contributed by atoms with E-state index in [0.29, 0.717) is 17.7 Å². The Hall–Kier alpha value is -2.94. The van der Waals surface area contributed by atoms with Crippen LogP contribution in [0.5, 0.6) is 0 Å². The lowest BCUT2D eigenvalue weighted by Gasteiger charge is -2.38. The third kappa shape index (κ3) is 4.02. The number of fused-ring (bicyclic) bond motifs is 2. The topological polar surface area (TPSA) is 118 Å². The van der Waals surface area contributed by atoms with Crippen LogP contribution in [-0.2, 0) is 10.0 Å². The first-order valence-corrected chi connectivity index (χ1v) is 14.4. The molecule has 9 heteroatoms. The lowest BCUT2D eigenvalue weighted by Crippen LogP contribution is -2.41. The fourth-order valence-corrected chi connectivity index (χ4v) is 7.81. The number of nitrogen functional groups attached to an aromatic ring is 1. The number of aromatic nitrogens is 2. The SMILES string of the molecule is CC1CN(c2ncc(C3=CC4CCC3(C)C4(C)C)cc2C(=O)NS(=O)(=O)c2cccc(N)n2)C(C)(C)C1. The summed E-state index contributed by atoms with van der Waals surface area (Å²) in [5.74, 6) is 0.724. The molecule has 37 heavy (non-hydrogen) atoms. The number of anilines is 2. The van der Waals surface area contributed by atoms with Crippen molar-refractivity contribution in [2.45, 2.75) is 71.4 Å². The summed E-state index contributed by atoms with van der Waals surface area (Å²) in [6, 6.07) is 6.13. The van der Waals surface area contributed by atoms with Gasteiger partial charge in [-0.1, -0.05) is 39.8 Å². The number of hydrogen-bond acceptors (Lipinski definition) is 7. The molecule has 2 fully saturated rings. The molecular formula is C28H37N5O3S. The summed E-state index contributed by atoms with van der Waals surface area (Å²) < 4.78 is 28.4. The Balaban J connectivity index is 1.59. The van der Waals surface area contributed by atoms with Crippen molar-refractivity contribution in [3.63, 3.8) is 0 Å². The van der Waals surface area contributed by atoms with Crippen molar-refractivity contribution in [1.29, 1.82) is 0 Å². The average molecular weight is 524 g/mol. The molecule has 2 aliphatic carbocycles. The van der Waals surface area contributed by atoms with Gasteiger partial charge in [0.2, 0.25) is 0 Å². The standard InChI is InChI=1S/C28H37N5O3S/c1-17-14-26(2,3)33(16-17)24-20(25(34)32-37(35,36)23-9-7-8-22(29)31-23)12-18(15-30-24)21-13-19-10-11-28(21,6)27(19,4)5/h7-9,12-13,15,17,19H,10-11,14,16H2,1-6H3,(H2,29,31)(H,32,34). The van der Waals surface area contributed by atoms with E-state index in [1.54, 1.807) is 0 Å². The van der Waals surface area contributed by atoms with Gasteiger partial charge in [-0.25, -0.2) is 14.7 Å². The highest BCUT2D eigenvalue weighted by atomic mass is 32.2. The first-order chi connectivity index (χ1) is 17.2. The molecule has 2 bridgehead atoms. The normalized spacial score (nSPS) is 27.8. The molecule has 1 aliphatic heterocycles. The Bertz CT molecular complexity index is 1410. The molecule has 3 aliphatic rings. The lowest BCUT2D eigenvalue weighted by atomic mass is 9.66. The highest BCUT2D eigenvalue weighted by Gasteiger charge is 2.57. The molecule has 1 saturated heterocycles. The lowest BCUT2D eigenvalue weighted by molar-refractivity contribution is 0.0981. The number of rotatable bonds is 5. The highest BCUT2D eigenvalue weighted by Crippen LogP contribution is 2.67. The van der Waals surface area contributed by atoms with E-state index in [0.717, 1.165) is 31.4 Å². The van der Waals surface area contributed by atoms with Gasteiger partial charge >= 0.3 is 0 Å². The summed E-state index contributed by atoms with van der Waals surface area (Å²) in [4.78, 5) is 24.5. The van der Waals surface area contributed by atoms with E-state index in [1.807, 2.05) is 12.3 Å². The fraction of sp³-hybridized carbons (Fsp3) is 0.536. The molecule has 2 aromatic heterocycles. The summed E-state index contributed by atoms with van der Waals surface area (Å²) in [5.41, 5.74) is 7.85. The number of nitrogens with zero attached hydrogens (tertiary/aromatic N) is 3. The second kappa shape index (κ2) is 8.28. The molecule has 1 saturated carbocycles. The Morgan fingerprint density at radius 1 is 1.19 bits per heavy atom. The molecule has 1 amide bonds. The zero-order chi connectivity index (χ0) is 27.0. The van der Waals surface area contributed by atoms with Crippen LogP contribution in [0.25, 0.3) is 5.57 Å². The van der Waals surface area contributed by atoms with Crippen LogP contribution >= 0.6 is 0 Å². The summed E-state index contributed by atoms with van der Waals surface area (Å²) in [6.45, 7) is 14.1. The first kappa shape index (κ1) is 25.7. The number of carbonyl (C=O) groups is 1. The molecule has 0 radical (unpaired) electrons. The Labute approximate surface area is 219 Å². The van der Waals surface area contributed by atoms with E-state index in [1.165, 1.54) is 23.8 Å². The molecule has 3 unspecified atom stereocenters. The summed E-state index contributed by atoms with van der Waals surface area (Å²) in [7, 11) is -4.23. The van der Waals surface area contributed by atoms with E-state index in [-0.39, 0.29) is 32.8 Å². The van der Waals surface area contributed by atoms with Crippen molar-refractivity contribution in [3.05, 3.63) is 47.7 Å². The predicted octanol–water partition coefficient (Wildman–Crippen LogP) is 4.64. The van der Waals surface area contributed by atoms with Crippen molar-refractivity contribution >= 4 is 33.1 Å². The molecule has 198 valence electrons.